The Morgan fingerprint density at radius 2 is 1.95 bits per heavy atom. The molecule has 0 unspecified atom stereocenters. The molecule has 3 amide bonds. The summed E-state index contributed by atoms with van der Waals surface area (Å²) < 4.78 is 0. The predicted octanol–water partition coefficient (Wildman–Crippen LogP) is 0.657. The number of carbonyl (C=O) groups excluding carboxylic acids is 2. The van der Waals surface area contributed by atoms with Crippen molar-refractivity contribution in [1.82, 2.24) is 9.80 Å². The zero-order chi connectivity index (χ0) is 16.2. The second-order valence-corrected chi connectivity index (χ2v) is 6.17. The summed E-state index contributed by atoms with van der Waals surface area (Å²) in [6, 6.07) is -0.472. The molecular formula is C14H23N3O4. The third kappa shape index (κ3) is 5.09. The lowest BCUT2D eigenvalue weighted by molar-refractivity contribution is -0.138. The highest BCUT2D eigenvalue weighted by atomic mass is 16.4. The van der Waals surface area contributed by atoms with Gasteiger partial charge in [-0.25, -0.2) is 4.79 Å². The minimum Gasteiger partial charge on any atom is -0.480 e. The largest absolute Gasteiger partial charge is 0.480 e. The molecule has 0 aliphatic carbocycles. The monoisotopic (exact) mass is 297 g/mol. The van der Waals surface area contributed by atoms with Gasteiger partial charge in [0.25, 0.3) is 0 Å². The van der Waals surface area contributed by atoms with Crippen LogP contribution < -0.4 is 5.73 Å². The van der Waals surface area contributed by atoms with E-state index in [1.165, 1.54) is 10.5 Å². The Morgan fingerprint density at radius 1 is 1.33 bits per heavy atom. The van der Waals surface area contributed by atoms with Gasteiger partial charge in [-0.3, -0.25) is 9.59 Å². The van der Waals surface area contributed by atoms with E-state index in [0.717, 1.165) is 11.3 Å². The Bertz CT molecular complexity index is 449. The first kappa shape index (κ1) is 17.0. The van der Waals surface area contributed by atoms with E-state index in [-0.39, 0.29) is 5.41 Å². The highest BCUT2D eigenvalue weighted by Gasteiger charge is 2.27. The van der Waals surface area contributed by atoms with E-state index in [4.69, 9.17) is 10.8 Å². The second kappa shape index (κ2) is 6.60. The minimum absolute atomic E-state index is 0.0586. The van der Waals surface area contributed by atoms with E-state index in [1.807, 2.05) is 6.08 Å². The Hall–Kier alpha value is -2.05. The van der Waals surface area contributed by atoms with Crippen molar-refractivity contribution in [2.45, 2.75) is 27.2 Å². The van der Waals surface area contributed by atoms with E-state index < -0.39 is 31.0 Å². The highest BCUT2D eigenvalue weighted by molar-refractivity contribution is 5.86. The molecule has 3 N–H and O–H groups in total. The third-order valence-corrected chi connectivity index (χ3v) is 3.39. The van der Waals surface area contributed by atoms with Gasteiger partial charge in [-0.05, 0) is 11.8 Å². The molecule has 0 bridgehead atoms. The summed E-state index contributed by atoms with van der Waals surface area (Å²) in [4.78, 5) is 36.5. The molecule has 21 heavy (non-hydrogen) atoms. The van der Waals surface area contributed by atoms with Crippen LogP contribution in [0.3, 0.4) is 0 Å². The van der Waals surface area contributed by atoms with Crippen molar-refractivity contribution >= 4 is 17.9 Å². The summed E-state index contributed by atoms with van der Waals surface area (Å²) in [6.45, 7) is 6.34. The van der Waals surface area contributed by atoms with Crippen LogP contribution in [-0.2, 0) is 9.59 Å². The summed E-state index contributed by atoms with van der Waals surface area (Å²) in [7, 11) is 0. The van der Waals surface area contributed by atoms with E-state index in [1.54, 1.807) is 0 Å². The molecule has 0 saturated carbocycles. The predicted molar refractivity (Wildman–Crippen MR) is 77.5 cm³/mol. The maximum absolute atomic E-state index is 12.3. The SMILES string of the molecule is CC(C)(C)C1=CCN(C(=O)N(CC(N)=O)CC(=O)O)CC1. The van der Waals surface area contributed by atoms with Gasteiger partial charge < -0.3 is 20.6 Å². The number of carboxylic acid groups (broad SMARTS) is 1. The van der Waals surface area contributed by atoms with Crippen molar-refractivity contribution in [2.75, 3.05) is 26.2 Å². The summed E-state index contributed by atoms with van der Waals surface area (Å²) in [5.74, 6) is -1.90. The smallest absolute Gasteiger partial charge is 0.323 e. The first-order valence-corrected chi connectivity index (χ1v) is 6.84. The van der Waals surface area contributed by atoms with E-state index in [9.17, 15) is 14.4 Å². The average Bonchev–Trinajstić information content (AvgIpc) is 2.35. The molecule has 0 spiro atoms. The molecule has 7 heteroatoms. The van der Waals surface area contributed by atoms with Gasteiger partial charge in [-0.2, -0.15) is 0 Å². The van der Waals surface area contributed by atoms with Crippen molar-refractivity contribution in [2.24, 2.45) is 11.1 Å². The lowest BCUT2D eigenvalue weighted by Crippen LogP contribution is -2.49. The van der Waals surface area contributed by atoms with E-state index in [2.05, 4.69) is 20.8 Å². The van der Waals surface area contributed by atoms with Crippen molar-refractivity contribution in [3.8, 4) is 0 Å². The van der Waals surface area contributed by atoms with Gasteiger partial charge in [0.2, 0.25) is 5.91 Å². The molecule has 1 heterocycles. The van der Waals surface area contributed by atoms with Gasteiger partial charge >= 0.3 is 12.0 Å². The van der Waals surface area contributed by atoms with Crippen LogP contribution in [0.15, 0.2) is 11.6 Å². The maximum atomic E-state index is 12.3. The number of amides is 3. The van der Waals surface area contributed by atoms with Crippen LogP contribution in [0.2, 0.25) is 0 Å². The lowest BCUT2D eigenvalue weighted by Gasteiger charge is -2.34. The molecule has 1 rings (SSSR count). The normalized spacial score (nSPS) is 15.4. The second-order valence-electron chi connectivity index (χ2n) is 6.17. The van der Waals surface area contributed by atoms with Crippen LogP contribution in [0.5, 0.6) is 0 Å². The molecule has 0 aromatic heterocycles. The Morgan fingerprint density at radius 3 is 2.33 bits per heavy atom. The number of carboxylic acids is 1. The number of rotatable bonds is 4. The first-order chi connectivity index (χ1) is 9.61. The van der Waals surface area contributed by atoms with Crippen molar-refractivity contribution in [3.63, 3.8) is 0 Å². The van der Waals surface area contributed by atoms with Crippen LogP contribution in [0, 0.1) is 5.41 Å². The summed E-state index contributed by atoms with van der Waals surface area (Å²) >= 11 is 0. The Balaban J connectivity index is 2.75. The minimum atomic E-state index is -1.17. The van der Waals surface area contributed by atoms with Crippen LogP contribution >= 0.6 is 0 Å². The number of hydrogen-bond acceptors (Lipinski definition) is 3. The third-order valence-electron chi connectivity index (χ3n) is 3.39. The summed E-state index contributed by atoms with van der Waals surface area (Å²) in [5.41, 5.74) is 6.39. The van der Waals surface area contributed by atoms with E-state index in [0.29, 0.717) is 13.1 Å². The van der Waals surface area contributed by atoms with Crippen molar-refractivity contribution < 1.29 is 19.5 Å². The summed E-state index contributed by atoms with van der Waals surface area (Å²) in [6.07, 6.45) is 2.73. The number of urea groups is 1. The van der Waals surface area contributed by atoms with Gasteiger partial charge in [-0.15, -0.1) is 0 Å². The molecule has 0 aromatic carbocycles. The average molecular weight is 297 g/mol. The van der Waals surface area contributed by atoms with Crippen LogP contribution in [-0.4, -0.2) is 59.0 Å². The fourth-order valence-electron chi connectivity index (χ4n) is 2.27. The van der Waals surface area contributed by atoms with E-state index >= 15 is 0 Å². The van der Waals surface area contributed by atoms with Gasteiger partial charge in [0.1, 0.15) is 13.1 Å². The number of primary amides is 1. The topological polar surface area (TPSA) is 104 Å². The van der Waals surface area contributed by atoms with Gasteiger partial charge in [0.15, 0.2) is 0 Å². The zero-order valence-electron chi connectivity index (χ0n) is 12.8. The van der Waals surface area contributed by atoms with Crippen LogP contribution in [0.25, 0.3) is 0 Å². The standard InChI is InChI=1S/C14H23N3O4/c1-14(2,3)10-4-6-16(7-5-10)13(21)17(8-11(15)18)9-12(19)20/h4H,5-9H2,1-3H3,(H2,15,18)(H,19,20). The zero-order valence-corrected chi connectivity index (χ0v) is 12.8. The van der Waals surface area contributed by atoms with Crippen LogP contribution in [0.1, 0.15) is 27.2 Å². The quantitative estimate of drug-likeness (QED) is 0.744. The molecule has 0 atom stereocenters. The number of carbonyl (C=O) groups is 3. The first-order valence-electron chi connectivity index (χ1n) is 6.84. The number of nitrogens with two attached hydrogens (primary N) is 1. The van der Waals surface area contributed by atoms with Crippen molar-refractivity contribution in [3.05, 3.63) is 11.6 Å². The molecule has 1 aliphatic heterocycles. The molecule has 0 saturated heterocycles. The Kier molecular flexibility index (Phi) is 5.34. The summed E-state index contributed by atoms with van der Waals surface area (Å²) in [5, 5.41) is 8.82. The maximum Gasteiger partial charge on any atom is 0.323 e. The number of nitrogens with zero attached hydrogens (tertiary/aromatic N) is 2. The van der Waals surface area contributed by atoms with Crippen molar-refractivity contribution in [1.29, 1.82) is 0 Å². The van der Waals surface area contributed by atoms with Crippen LogP contribution in [0.4, 0.5) is 4.79 Å². The molecule has 0 aromatic rings. The highest BCUT2D eigenvalue weighted by Crippen LogP contribution is 2.30. The fourth-order valence-corrected chi connectivity index (χ4v) is 2.27. The Labute approximate surface area is 124 Å². The molecule has 0 fully saturated rings. The van der Waals surface area contributed by atoms with Gasteiger partial charge in [0.05, 0.1) is 0 Å². The fraction of sp³-hybridized carbons (Fsp3) is 0.643. The van der Waals surface area contributed by atoms with Gasteiger partial charge in [-0.1, -0.05) is 32.4 Å². The molecule has 1 aliphatic rings. The lowest BCUT2D eigenvalue weighted by atomic mass is 9.83. The molecule has 7 nitrogen and oxygen atoms in total. The molecular weight excluding hydrogens is 274 g/mol. The molecule has 0 radical (unpaired) electrons. The molecule has 118 valence electrons. The van der Waals surface area contributed by atoms with Gasteiger partial charge in [0, 0.05) is 13.1 Å². The number of aliphatic carboxylic acids is 1. The number of hydrogen-bond donors (Lipinski definition) is 2.